The Hall–Kier alpha value is -0.880. The van der Waals surface area contributed by atoms with Crippen LogP contribution in [-0.4, -0.2) is 19.3 Å². The zero-order valence-corrected chi connectivity index (χ0v) is 8.21. The number of halogens is 1. The van der Waals surface area contributed by atoms with E-state index in [0.29, 0.717) is 11.6 Å². The standard InChI is InChI=1S/C6H3BrN4S/c7-6-10-5(11-12-6)4-8-2-1-3-9-4/h1-3H. The molecule has 2 aromatic heterocycles. The zero-order chi connectivity index (χ0) is 8.39. The highest BCUT2D eigenvalue weighted by molar-refractivity contribution is 9.11. The highest BCUT2D eigenvalue weighted by Gasteiger charge is 2.05. The maximum absolute atomic E-state index is 4.08. The van der Waals surface area contributed by atoms with E-state index < -0.39 is 0 Å². The van der Waals surface area contributed by atoms with Gasteiger partial charge in [-0.1, -0.05) is 0 Å². The molecule has 0 aliphatic heterocycles. The second-order valence-corrected chi connectivity index (χ2v) is 3.97. The lowest BCUT2D eigenvalue weighted by Gasteiger charge is -1.88. The van der Waals surface area contributed by atoms with E-state index >= 15 is 0 Å². The summed E-state index contributed by atoms with van der Waals surface area (Å²) in [4.78, 5) is 12.1. The van der Waals surface area contributed by atoms with Crippen LogP contribution in [0.25, 0.3) is 11.6 Å². The van der Waals surface area contributed by atoms with Gasteiger partial charge >= 0.3 is 0 Å². The van der Waals surface area contributed by atoms with Gasteiger partial charge in [0, 0.05) is 12.4 Å². The number of hydrogen-bond acceptors (Lipinski definition) is 5. The first-order valence-corrected chi connectivity index (χ1v) is 4.69. The Labute approximate surface area is 81.0 Å². The lowest BCUT2D eigenvalue weighted by atomic mass is 10.5. The van der Waals surface area contributed by atoms with Crippen LogP contribution in [0.2, 0.25) is 0 Å². The van der Waals surface area contributed by atoms with E-state index in [9.17, 15) is 0 Å². The van der Waals surface area contributed by atoms with Crippen LogP contribution in [0.3, 0.4) is 0 Å². The van der Waals surface area contributed by atoms with Crippen LogP contribution >= 0.6 is 27.5 Å². The smallest absolute Gasteiger partial charge is 0.211 e. The van der Waals surface area contributed by atoms with Gasteiger partial charge in [-0.3, -0.25) is 0 Å². The van der Waals surface area contributed by atoms with E-state index in [1.165, 1.54) is 11.5 Å². The fourth-order valence-electron chi connectivity index (χ4n) is 0.710. The molecule has 0 amide bonds. The topological polar surface area (TPSA) is 51.6 Å². The Morgan fingerprint density at radius 2 is 1.92 bits per heavy atom. The quantitative estimate of drug-likeness (QED) is 0.765. The average Bonchev–Trinajstić information content (AvgIpc) is 2.54. The first-order valence-electron chi connectivity index (χ1n) is 3.13. The van der Waals surface area contributed by atoms with Crippen molar-refractivity contribution in [1.29, 1.82) is 0 Å². The van der Waals surface area contributed by atoms with Gasteiger partial charge in [0.05, 0.1) is 0 Å². The lowest BCUT2D eigenvalue weighted by Crippen LogP contribution is -1.87. The maximum Gasteiger partial charge on any atom is 0.211 e. The second kappa shape index (κ2) is 3.24. The number of nitrogens with zero attached hydrogens (tertiary/aromatic N) is 4. The van der Waals surface area contributed by atoms with Crippen molar-refractivity contribution in [2.45, 2.75) is 0 Å². The Kier molecular flexibility index (Phi) is 2.09. The summed E-state index contributed by atoms with van der Waals surface area (Å²) in [5.74, 6) is 1.12. The lowest BCUT2D eigenvalue weighted by molar-refractivity contribution is 1.12. The molecule has 2 aromatic rings. The van der Waals surface area contributed by atoms with Gasteiger partial charge in [-0.2, -0.15) is 4.37 Å². The molecule has 0 aliphatic rings. The summed E-state index contributed by atoms with van der Waals surface area (Å²) < 4.78 is 4.79. The van der Waals surface area contributed by atoms with Gasteiger partial charge in [0.1, 0.15) is 0 Å². The van der Waals surface area contributed by atoms with Crippen molar-refractivity contribution in [2.75, 3.05) is 0 Å². The van der Waals surface area contributed by atoms with E-state index in [-0.39, 0.29) is 0 Å². The van der Waals surface area contributed by atoms with E-state index in [1.54, 1.807) is 18.5 Å². The molecule has 0 aliphatic carbocycles. The maximum atomic E-state index is 4.08. The van der Waals surface area contributed by atoms with Crippen LogP contribution in [0.1, 0.15) is 0 Å². The summed E-state index contributed by atoms with van der Waals surface area (Å²) in [5.41, 5.74) is 0. The fourth-order valence-corrected chi connectivity index (χ4v) is 1.51. The van der Waals surface area contributed by atoms with Crippen LogP contribution in [0.4, 0.5) is 0 Å². The summed E-state index contributed by atoms with van der Waals surface area (Å²) in [5, 5.41) is 0. The van der Waals surface area contributed by atoms with Gasteiger partial charge in [0.25, 0.3) is 0 Å². The van der Waals surface area contributed by atoms with Crippen LogP contribution in [0.15, 0.2) is 22.4 Å². The molecule has 0 saturated heterocycles. The summed E-state index contributed by atoms with van der Waals surface area (Å²) in [6.07, 6.45) is 3.33. The molecule has 0 atom stereocenters. The first kappa shape index (κ1) is 7.75. The van der Waals surface area contributed by atoms with Gasteiger partial charge in [-0.15, -0.1) is 0 Å². The Bertz CT molecular complexity index is 374. The molecule has 0 radical (unpaired) electrons. The van der Waals surface area contributed by atoms with E-state index in [4.69, 9.17) is 0 Å². The zero-order valence-electron chi connectivity index (χ0n) is 5.81. The van der Waals surface area contributed by atoms with Crippen molar-refractivity contribution >= 4 is 27.5 Å². The van der Waals surface area contributed by atoms with Crippen molar-refractivity contribution in [2.24, 2.45) is 0 Å². The molecular weight excluding hydrogens is 240 g/mol. The van der Waals surface area contributed by atoms with Crippen molar-refractivity contribution in [3.63, 3.8) is 0 Å². The summed E-state index contributed by atoms with van der Waals surface area (Å²) in [7, 11) is 0. The number of aromatic nitrogens is 4. The predicted molar refractivity (Wildman–Crippen MR) is 48.6 cm³/mol. The van der Waals surface area contributed by atoms with Crippen molar-refractivity contribution in [3.8, 4) is 11.6 Å². The van der Waals surface area contributed by atoms with Crippen molar-refractivity contribution in [1.82, 2.24) is 19.3 Å². The Morgan fingerprint density at radius 3 is 2.50 bits per heavy atom. The van der Waals surface area contributed by atoms with Gasteiger partial charge in [0.15, 0.2) is 9.74 Å². The van der Waals surface area contributed by atoms with Crippen LogP contribution in [0.5, 0.6) is 0 Å². The van der Waals surface area contributed by atoms with Crippen LogP contribution in [-0.2, 0) is 0 Å². The largest absolute Gasteiger partial charge is 0.234 e. The first-order chi connectivity index (χ1) is 5.86. The normalized spacial score (nSPS) is 10.1. The third kappa shape index (κ3) is 1.49. The molecule has 0 spiro atoms. The van der Waals surface area contributed by atoms with Crippen LogP contribution in [0, 0.1) is 0 Å². The fraction of sp³-hybridized carbons (Fsp3) is 0. The third-order valence-corrected chi connectivity index (χ3v) is 2.28. The van der Waals surface area contributed by atoms with Crippen molar-refractivity contribution < 1.29 is 0 Å². The Morgan fingerprint density at radius 1 is 1.17 bits per heavy atom. The molecule has 2 heterocycles. The predicted octanol–water partition coefficient (Wildman–Crippen LogP) is 1.76. The molecule has 0 aromatic carbocycles. The number of rotatable bonds is 1. The Balaban J connectivity index is 2.45. The minimum absolute atomic E-state index is 0.555. The SMILES string of the molecule is Brc1nc(-c2ncccn2)ns1. The molecule has 0 bridgehead atoms. The molecule has 0 N–H and O–H groups in total. The molecule has 0 unspecified atom stereocenters. The molecule has 6 heteroatoms. The van der Waals surface area contributed by atoms with Gasteiger partial charge in [0.2, 0.25) is 5.82 Å². The van der Waals surface area contributed by atoms with Gasteiger partial charge in [-0.05, 0) is 33.5 Å². The summed E-state index contributed by atoms with van der Waals surface area (Å²) in [6, 6.07) is 1.75. The highest BCUT2D eigenvalue weighted by Crippen LogP contribution is 2.17. The minimum atomic E-state index is 0.555. The minimum Gasteiger partial charge on any atom is -0.234 e. The molecule has 4 nitrogen and oxygen atoms in total. The molecule has 12 heavy (non-hydrogen) atoms. The summed E-state index contributed by atoms with van der Waals surface area (Å²) in [6.45, 7) is 0. The molecular formula is C6H3BrN4S. The van der Waals surface area contributed by atoms with Gasteiger partial charge in [-0.25, -0.2) is 15.0 Å². The molecule has 60 valence electrons. The molecule has 0 fully saturated rings. The monoisotopic (exact) mass is 242 g/mol. The highest BCUT2D eigenvalue weighted by atomic mass is 79.9. The van der Waals surface area contributed by atoms with E-state index in [0.717, 1.165) is 3.92 Å². The van der Waals surface area contributed by atoms with Crippen LogP contribution < -0.4 is 0 Å². The summed E-state index contributed by atoms with van der Waals surface area (Å²) >= 11 is 4.49. The van der Waals surface area contributed by atoms with Crippen molar-refractivity contribution in [3.05, 3.63) is 22.4 Å². The second-order valence-electron chi connectivity index (χ2n) is 1.94. The molecule has 2 rings (SSSR count). The molecule has 0 saturated carbocycles. The number of hydrogen-bond donors (Lipinski definition) is 0. The van der Waals surface area contributed by atoms with E-state index in [2.05, 4.69) is 35.3 Å². The third-order valence-electron chi connectivity index (χ3n) is 1.17. The average molecular weight is 243 g/mol. The van der Waals surface area contributed by atoms with E-state index in [1.807, 2.05) is 0 Å². The van der Waals surface area contributed by atoms with Gasteiger partial charge < -0.3 is 0 Å².